The average molecular weight is 528 g/mol. The van der Waals surface area contributed by atoms with E-state index < -0.39 is 17.6 Å². The number of ether oxygens (including phenoxy) is 1. The minimum Gasteiger partial charge on any atom is -0.450 e. The van der Waals surface area contributed by atoms with E-state index in [1.54, 1.807) is 25.1 Å². The van der Waals surface area contributed by atoms with Crippen molar-refractivity contribution in [1.29, 1.82) is 0 Å². The van der Waals surface area contributed by atoms with Crippen LogP contribution in [-0.4, -0.2) is 45.3 Å². The van der Waals surface area contributed by atoms with E-state index >= 15 is 0 Å². The number of anilines is 1. The van der Waals surface area contributed by atoms with Gasteiger partial charge in [-0.05, 0) is 42.0 Å². The number of carbonyl (C=O) groups is 3. The second-order valence-corrected chi connectivity index (χ2v) is 10.6. The van der Waals surface area contributed by atoms with Crippen molar-refractivity contribution in [3.63, 3.8) is 0 Å². The molecule has 2 amide bonds. The van der Waals surface area contributed by atoms with Gasteiger partial charge in [0, 0.05) is 18.2 Å². The minimum absolute atomic E-state index is 0.161. The Morgan fingerprint density at radius 2 is 1.82 bits per heavy atom. The van der Waals surface area contributed by atoms with Crippen molar-refractivity contribution in [2.45, 2.75) is 36.8 Å². The van der Waals surface area contributed by atoms with E-state index in [0.29, 0.717) is 36.5 Å². The predicted octanol–water partition coefficient (Wildman–Crippen LogP) is 4.54. The van der Waals surface area contributed by atoms with Crippen LogP contribution in [0.3, 0.4) is 0 Å². The van der Waals surface area contributed by atoms with Crippen molar-refractivity contribution in [3.8, 4) is 0 Å². The molecule has 2 fully saturated rings. The fourth-order valence-electron chi connectivity index (χ4n) is 5.10. The highest BCUT2D eigenvalue weighted by atomic mass is 32.2. The lowest BCUT2D eigenvalue weighted by molar-refractivity contribution is -0.167. The van der Waals surface area contributed by atoms with Gasteiger partial charge in [0.1, 0.15) is 5.76 Å². The number of hydrogen-bond acceptors (Lipinski definition) is 7. The van der Waals surface area contributed by atoms with Crippen LogP contribution in [0.15, 0.2) is 94.4 Å². The Kier molecular flexibility index (Phi) is 6.15. The monoisotopic (exact) mass is 527 g/mol. The SMILES string of the molecule is Cc1cc(N2CC/C(=C\C3(C(=O)OC(c4ccccc4)c4ccccc4)C=CSC4CC(=O)N43)C2=O)no1. The van der Waals surface area contributed by atoms with Crippen LogP contribution in [0.4, 0.5) is 5.82 Å². The van der Waals surface area contributed by atoms with Crippen molar-refractivity contribution < 1.29 is 23.6 Å². The highest BCUT2D eigenvalue weighted by Crippen LogP contribution is 2.45. The summed E-state index contributed by atoms with van der Waals surface area (Å²) >= 11 is 1.48. The van der Waals surface area contributed by atoms with Gasteiger partial charge in [0.25, 0.3) is 5.91 Å². The molecule has 0 saturated carbocycles. The van der Waals surface area contributed by atoms with Crippen LogP contribution in [-0.2, 0) is 19.1 Å². The van der Waals surface area contributed by atoms with Gasteiger partial charge in [0.05, 0.1) is 11.8 Å². The van der Waals surface area contributed by atoms with Gasteiger partial charge in [-0.15, -0.1) is 11.8 Å². The summed E-state index contributed by atoms with van der Waals surface area (Å²) in [6.45, 7) is 2.16. The number of amides is 2. The van der Waals surface area contributed by atoms with E-state index in [2.05, 4.69) is 5.16 Å². The zero-order chi connectivity index (χ0) is 26.3. The number of hydrogen-bond donors (Lipinski definition) is 0. The standard InChI is InChI=1S/C29H25N3O5S/c1-19-16-23(30-37-19)31-14-12-22(27(31)34)18-29(13-15-38-25-17-24(33)32(25)29)28(35)36-26(20-8-4-2-5-9-20)21-10-6-3-7-11-21/h2-11,13,15-16,18,25-26H,12,14,17H2,1H3/b22-18+. The lowest BCUT2D eigenvalue weighted by Gasteiger charge is -2.51. The van der Waals surface area contributed by atoms with Crippen LogP contribution >= 0.6 is 11.8 Å². The number of carbonyl (C=O) groups excluding carboxylic acids is 3. The molecule has 8 nitrogen and oxygen atoms in total. The Balaban J connectivity index is 1.39. The Hall–Kier alpha value is -4.11. The summed E-state index contributed by atoms with van der Waals surface area (Å²) in [4.78, 5) is 43.5. The zero-order valence-electron chi connectivity index (χ0n) is 20.7. The molecule has 6 rings (SSSR count). The topological polar surface area (TPSA) is 93.0 Å². The van der Waals surface area contributed by atoms with E-state index in [4.69, 9.17) is 9.26 Å². The Labute approximate surface area is 223 Å². The van der Waals surface area contributed by atoms with Gasteiger partial charge < -0.3 is 14.2 Å². The predicted molar refractivity (Wildman–Crippen MR) is 142 cm³/mol. The molecule has 2 aromatic carbocycles. The van der Waals surface area contributed by atoms with Crippen LogP contribution in [0.25, 0.3) is 0 Å². The molecule has 0 bridgehead atoms. The van der Waals surface area contributed by atoms with Crippen molar-refractivity contribution >= 4 is 35.4 Å². The molecule has 3 aliphatic heterocycles. The summed E-state index contributed by atoms with van der Waals surface area (Å²) in [6, 6.07) is 20.7. The van der Waals surface area contributed by atoms with Crippen molar-refractivity contribution in [3.05, 3.63) is 107 Å². The second-order valence-electron chi connectivity index (χ2n) is 9.47. The number of nitrogens with zero attached hydrogens (tertiary/aromatic N) is 3. The van der Waals surface area contributed by atoms with Gasteiger partial charge in [-0.25, -0.2) is 4.79 Å². The maximum absolute atomic E-state index is 14.2. The number of fused-ring (bicyclic) bond motifs is 1. The highest BCUT2D eigenvalue weighted by molar-refractivity contribution is 8.02. The molecule has 0 radical (unpaired) electrons. The van der Waals surface area contributed by atoms with Crippen LogP contribution in [0.5, 0.6) is 0 Å². The third-order valence-electron chi connectivity index (χ3n) is 7.03. The number of aromatic nitrogens is 1. The lowest BCUT2D eigenvalue weighted by Crippen LogP contribution is -2.66. The molecule has 2 saturated heterocycles. The molecule has 9 heteroatoms. The molecule has 0 aliphatic carbocycles. The molecule has 1 aromatic heterocycles. The van der Waals surface area contributed by atoms with Gasteiger partial charge in [-0.3, -0.25) is 14.5 Å². The fraction of sp³-hybridized carbons (Fsp3) is 0.241. The summed E-state index contributed by atoms with van der Waals surface area (Å²) in [5, 5.41) is 5.59. The van der Waals surface area contributed by atoms with Crippen molar-refractivity contribution in [2.24, 2.45) is 0 Å². The molecule has 0 N–H and O–H groups in total. The molecule has 2 unspecified atom stereocenters. The fourth-order valence-corrected chi connectivity index (χ4v) is 6.22. The molecule has 38 heavy (non-hydrogen) atoms. The smallest absolute Gasteiger partial charge is 0.341 e. The summed E-state index contributed by atoms with van der Waals surface area (Å²) < 4.78 is 11.4. The Morgan fingerprint density at radius 3 is 2.42 bits per heavy atom. The van der Waals surface area contributed by atoms with Crippen LogP contribution in [0.2, 0.25) is 0 Å². The zero-order valence-corrected chi connectivity index (χ0v) is 21.5. The van der Waals surface area contributed by atoms with Gasteiger partial charge in [-0.2, -0.15) is 0 Å². The number of rotatable bonds is 6. The average Bonchev–Trinajstić information content (AvgIpc) is 3.52. The largest absolute Gasteiger partial charge is 0.450 e. The maximum atomic E-state index is 14.2. The first kappa shape index (κ1) is 24.2. The van der Waals surface area contributed by atoms with E-state index in [9.17, 15) is 14.4 Å². The number of thioether (sulfide) groups is 1. The third-order valence-corrected chi connectivity index (χ3v) is 8.01. The molecule has 3 aromatic rings. The Bertz CT molecular complexity index is 1410. The van der Waals surface area contributed by atoms with Crippen LogP contribution in [0, 0.1) is 6.92 Å². The van der Waals surface area contributed by atoms with Crippen molar-refractivity contribution in [2.75, 3.05) is 11.4 Å². The molecular formula is C29H25N3O5S. The maximum Gasteiger partial charge on any atom is 0.341 e. The van der Waals surface area contributed by atoms with E-state index in [1.165, 1.54) is 21.6 Å². The third kappa shape index (κ3) is 4.12. The van der Waals surface area contributed by atoms with Crippen LogP contribution < -0.4 is 4.90 Å². The lowest BCUT2D eigenvalue weighted by atomic mass is 9.89. The summed E-state index contributed by atoms with van der Waals surface area (Å²) in [7, 11) is 0. The highest BCUT2D eigenvalue weighted by Gasteiger charge is 2.56. The molecule has 0 spiro atoms. The van der Waals surface area contributed by atoms with Crippen LogP contribution in [0.1, 0.15) is 35.8 Å². The quantitative estimate of drug-likeness (QED) is 0.264. The number of benzene rings is 2. The van der Waals surface area contributed by atoms with E-state index in [0.717, 1.165) is 11.1 Å². The molecule has 192 valence electrons. The number of β-lactam (4-membered cyclic amide) rings is 1. The summed E-state index contributed by atoms with van der Waals surface area (Å²) in [6.07, 6.45) is 3.31. The first-order valence-corrected chi connectivity index (χ1v) is 13.3. The second kappa shape index (κ2) is 9.64. The normalized spacial score (nSPS) is 23.6. The number of aryl methyl sites for hydroxylation is 1. The first-order chi connectivity index (χ1) is 18.5. The Morgan fingerprint density at radius 1 is 1.13 bits per heavy atom. The van der Waals surface area contributed by atoms with Gasteiger partial charge >= 0.3 is 5.97 Å². The summed E-state index contributed by atoms with van der Waals surface area (Å²) in [5.74, 6) is -0.0241. The minimum atomic E-state index is -1.53. The first-order valence-electron chi connectivity index (χ1n) is 12.4. The molecule has 3 aliphatic rings. The van der Waals surface area contributed by atoms with E-state index in [-0.39, 0.29) is 17.2 Å². The summed E-state index contributed by atoms with van der Waals surface area (Å²) in [5.41, 5.74) is 0.502. The van der Waals surface area contributed by atoms with Gasteiger partial charge in [-0.1, -0.05) is 65.8 Å². The van der Waals surface area contributed by atoms with Crippen molar-refractivity contribution in [1.82, 2.24) is 10.1 Å². The number of esters is 1. The van der Waals surface area contributed by atoms with Gasteiger partial charge in [0.15, 0.2) is 17.5 Å². The van der Waals surface area contributed by atoms with E-state index in [1.807, 2.05) is 66.1 Å². The molecule has 4 heterocycles. The molecule has 2 atom stereocenters. The van der Waals surface area contributed by atoms with Gasteiger partial charge in [0.2, 0.25) is 5.91 Å². The molecular weight excluding hydrogens is 502 g/mol.